The minimum absolute atomic E-state index is 0.318. The van der Waals surface area contributed by atoms with Crippen LogP contribution in [-0.4, -0.2) is 34.4 Å². The Morgan fingerprint density at radius 3 is 2.60 bits per heavy atom. The van der Waals surface area contributed by atoms with E-state index in [2.05, 4.69) is 5.43 Å². The van der Waals surface area contributed by atoms with Gasteiger partial charge in [-0.1, -0.05) is 18.2 Å². The van der Waals surface area contributed by atoms with Gasteiger partial charge in [0.15, 0.2) is 0 Å². The smallest absolute Gasteiger partial charge is 0.318 e. The van der Waals surface area contributed by atoms with Crippen molar-refractivity contribution in [2.24, 2.45) is 5.41 Å². The molecule has 1 heterocycles. The first-order valence-electron chi connectivity index (χ1n) is 6.28. The van der Waals surface area contributed by atoms with Crippen molar-refractivity contribution in [1.82, 2.24) is 10.4 Å². The maximum atomic E-state index is 12.2. The number of aliphatic carboxylic acids is 1. The summed E-state index contributed by atoms with van der Waals surface area (Å²) < 4.78 is 0. The maximum absolute atomic E-state index is 12.2. The van der Waals surface area contributed by atoms with Gasteiger partial charge in [0.25, 0.3) is 11.8 Å². The molecule has 6 nitrogen and oxygen atoms in total. The fourth-order valence-corrected chi connectivity index (χ4v) is 1.89. The number of nitrogens with zero attached hydrogens (tertiary/aromatic N) is 1. The van der Waals surface area contributed by atoms with Crippen LogP contribution in [0.5, 0.6) is 0 Å². The summed E-state index contributed by atoms with van der Waals surface area (Å²) in [6.45, 7) is 2.93. The van der Waals surface area contributed by atoms with Crippen molar-refractivity contribution in [3.05, 3.63) is 35.4 Å². The minimum Gasteiger partial charge on any atom is -0.480 e. The first-order valence-corrected chi connectivity index (χ1v) is 6.28. The fourth-order valence-electron chi connectivity index (χ4n) is 1.89. The minimum atomic E-state index is -1.59. The number of carboxylic acids is 1. The summed E-state index contributed by atoms with van der Waals surface area (Å²) in [5.74, 6) is -2.26. The van der Waals surface area contributed by atoms with Gasteiger partial charge in [0.2, 0.25) is 0 Å². The highest BCUT2D eigenvalue weighted by Crippen LogP contribution is 2.19. The molecule has 1 aliphatic rings. The van der Waals surface area contributed by atoms with Crippen LogP contribution in [0.25, 0.3) is 0 Å². The van der Waals surface area contributed by atoms with Crippen molar-refractivity contribution in [3.63, 3.8) is 0 Å². The average Bonchev–Trinajstić information content (AvgIpc) is 2.41. The Bertz CT molecular complexity index is 580. The maximum Gasteiger partial charge on any atom is 0.318 e. The van der Waals surface area contributed by atoms with E-state index in [1.165, 1.54) is 18.9 Å². The Balaban J connectivity index is 2.15. The van der Waals surface area contributed by atoms with Crippen molar-refractivity contribution >= 4 is 17.8 Å². The van der Waals surface area contributed by atoms with E-state index >= 15 is 0 Å². The first-order chi connectivity index (χ1) is 9.34. The zero-order valence-electron chi connectivity index (χ0n) is 11.3. The zero-order chi connectivity index (χ0) is 14.9. The molecule has 0 fully saturated rings. The zero-order valence-corrected chi connectivity index (χ0v) is 11.3. The third-order valence-corrected chi connectivity index (χ3v) is 3.44. The van der Waals surface area contributed by atoms with E-state index in [-0.39, 0.29) is 5.91 Å². The molecule has 2 N–H and O–H groups in total. The molecule has 2 amide bonds. The number of nitrogens with one attached hydrogen (secondary N) is 1. The summed E-state index contributed by atoms with van der Waals surface area (Å²) in [7, 11) is 0. The second-order valence-corrected chi connectivity index (χ2v) is 5.24. The number of hydrogen-bond donors (Lipinski definition) is 2. The molecule has 0 bridgehead atoms. The van der Waals surface area contributed by atoms with E-state index in [9.17, 15) is 14.4 Å². The van der Waals surface area contributed by atoms with Crippen LogP contribution in [-0.2, 0) is 16.0 Å². The number of rotatable bonds is 3. The van der Waals surface area contributed by atoms with Crippen molar-refractivity contribution in [2.45, 2.75) is 20.3 Å². The lowest BCUT2D eigenvalue weighted by Crippen LogP contribution is -2.54. The van der Waals surface area contributed by atoms with Gasteiger partial charge in [-0.3, -0.25) is 19.8 Å². The van der Waals surface area contributed by atoms with Gasteiger partial charge < -0.3 is 5.11 Å². The molecule has 106 valence electrons. The molecular formula is C14H16N2O4. The molecule has 0 saturated carbocycles. The number of fused-ring (bicyclic) bond motifs is 1. The van der Waals surface area contributed by atoms with Gasteiger partial charge >= 0.3 is 5.97 Å². The quantitative estimate of drug-likeness (QED) is 0.800. The predicted octanol–water partition coefficient (Wildman–Crippen LogP) is 0.827. The number of amides is 2. The fraction of sp³-hybridized carbons (Fsp3) is 0.357. The molecule has 1 aliphatic heterocycles. The van der Waals surface area contributed by atoms with Crippen LogP contribution in [0.2, 0.25) is 0 Å². The number of hydrogen-bond acceptors (Lipinski definition) is 3. The van der Waals surface area contributed by atoms with Crippen LogP contribution in [0.3, 0.4) is 0 Å². The highest BCUT2D eigenvalue weighted by molar-refractivity contribution is 6.03. The number of benzene rings is 1. The molecule has 1 aromatic rings. The second-order valence-electron chi connectivity index (χ2n) is 5.24. The summed E-state index contributed by atoms with van der Waals surface area (Å²) >= 11 is 0. The number of carboxylic acid groups (broad SMARTS) is 1. The van der Waals surface area contributed by atoms with E-state index < -0.39 is 17.3 Å². The lowest BCUT2D eigenvalue weighted by molar-refractivity contribution is -0.155. The van der Waals surface area contributed by atoms with Crippen LogP contribution in [0, 0.1) is 5.41 Å². The highest BCUT2D eigenvalue weighted by atomic mass is 16.4. The number of carbonyl (C=O) groups is 3. The summed E-state index contributed by atoms with van der Waals surface area (Å²) in [6, 6.07) is 7.17. The average molecular weight is 276 g/mol. The van der Waals surface area contributed by atoms with Gasteiger partial charge in [0.1, 0.15) is 5.41 Å². The van der Waals surface area contributed by atoms with Crippen molar-refractivity contribution in [2.75, 3.05) is 6.54 Å². The lowest BCUT2D eigenvalue weighted by Gasteiger charge is -2.31. The standard InChI is InChI=1S/C14H16N2O4/c1-14(2,13(19)20)12(18)15-16-8-7-9-5-3-4-6-10(9)11(16)17/h3-6H,7-8H2,1-2H3,(H,15,18)(H,19,20). The summed E-state index contributed by atoms with van der Waals surface area (Å²) in [6.07, 6.45) is 0.621. The molecule has 0 aliphatic carbocycles. The summed E-state index contributed by atoms with van der Waals surface area (Å²) in [5, 5.41) is 10.2. The normalized spacial score (nSPS) is 14.7. The molecular weight excluding hydrogens is 260 g/mol. The molecule has 1 aromatic carbocycles. The number of carbonyl (C=O) groups excluding carboxylic acids is 2. The molecule has 0 spiro atoms. The molecule has 0 saturated heterocycles. The van der Waals surface area contributed by atoms with Gasteiger partial charge in [0, 0.05) is 12.1 Å². The molecule has 2 rings (SSSR count). The molecule has 0 aromatic heterocycles. The summed E-state index contributed by atoms with van der Waals surface area (Å²) in [5.41, 5.74) is 2.27. The van der Waals surface area contributed by atoms with Gasteiger partial charge in [-0.25, -0.2) is 5.01 Å². The van der Waals surface area contributed by atoms with E-state index in [1.807, 2.05) is 12.1 Å². The topological polar surface area (TPSA) is 86.7 Å². The van der Waals surface area contributed by atoms with E-state index in [0.717, 1.165) is 5.56 Å². The van der Waals surface area contributed by atoms with Crippen LogP contribution in [0.4, 0.5) is 0 Å². The van der Waals surface area contributed by atoms with Crippen LogP contribution in [0.15, 0.2) is 24.3 Å². The van der Waals surface area contributed by atoms with Gasteiger partial charge in [-0.15, -0.1) is 0 Å². The van der Waals surface area contributed by atoms with Gasteiger partial charge in [-0.2, -0.15) is 0 Å². The molecule has 0 atom stereocenters. The van der Waals surface area contributed by atoms with Gasteiger partial charge in [0.05, 0.1) is 0 Å². The van der Waals surface area contributed by atoms with Crippen molar-refractivity contribution in [3.8, 4) is 0 Å². The Kier molecular flexibility index (Phi) is 3.48. The van der Waals surface area contributed by atoms with E-state index in [4.69, 9.17) is 5.11 Å². The molecule has 0 unspecified atom stereocenters. The van der Waals surface area contributed by atoms with E-state index in [1.54, 1.807) is 12.1 Å². The van der Waals surface area contributed by atoms with E-state index in [0.29, 0.717) is 18.5 Å². The largest absolute Gasteiger partial charge is 0.480 e. The molecule has 0 radical (unpaired) electrons. The Morgan fingerprint density at radius 1 is 1.30 bits per heavy atom. The predicted molar refractivity (Wildman–Crippen MR) is 70.7 cm³/mol. The Hall–Kier alpha value is -2.37. The number of hydrazine groups is 1. The first kappa shape index (κ1) is 14.0. The third kappa shape index (κ3) is 2.36. The molecule has 20 heavy (non-hydrogen) atoms. The van der Waals surface area contributed by atoms with Crippen molar-refractivity contribution in [1.29, 1.82) is 0 Å². The molecule has 6 heteroatoms. The Labute approximate surface area is 116 Å². The van der Waals surface area contributed by atoms with Crippen LogP contribution >= 0.6 is 0 Å². The SMILES string of the molecule is CC(C)(C(=O)O)C(=O)NN1CCc2ccccc2C1=O. The second kappa shape index (κ2) is 4.96. The third-order valence-electron chi connectivity index (χ3n) is 3.44. The Morgan fingerprint density at radius 2 is 1.95 bits per heavy atom. The van der Waals surface area contributed by atoms with Crippen LogP contribution < -0.4 is 5.43 Å². The lowest BCUT2D eigenvalue weighted by atomic mass is 9.93. The van der Waals surface area contributed by atoms with Crippen LogP contribution in [0.1, 0.15) is 29.8 Å². The van der Waals surface area contributed by atoms with Gasteiger partial charge in [-0.05, 0) is 31.9 Å². The highest BCUT2D eigenvalue weighted by Gasteiger charge is 2.38. The van der Waals surface area contributed by atoms with Crippen molar-refractivity contribution < 1.29 is 19.5 Å². The monoisotopic (exact) mass is 276 g/mol. The summed E-state index contributed by atoms with van der Waals surface area (Å²) in [4.78, 5) is 35.2.